The van der Waals surface area contributed by atoms with E-state index in [1.54, 1.807) is 12.1 Å². The van der Waals surface area contributed by atoms with E-state index < -0.39 is 11.6 Å². The van der Waals surface area contributed by atoms with Crippen LogP contribution in [-0.4, -0.2) is 54.0 Å². The fourth-order valence-electron chi connectivity index (χ4n) is 5.52. The number of nitrogens with one attached hydrogen (secondary N) is 1. The molecular weight excluding hydrogens is 400 g/mol. The van der Waals surface area contributed by atoms with Gasteiger partial charge in [-0.05, 0) is 67.7 Å². The van der Waals surface area contributed by atoms with Gasteiger partial charge in [0.1, 0.15) is 5.82 Å². The number of hydrogen-bond acceptors (Lipinski definition) is 6. The second kappa shape index (κ2) is 8.67. The third-order valence-electron chi connectivity index (χ3n) is 7.03. The maximum absolute atomic E-state index is 14.1. The number of halogens is 2. The smallest absolute Gasteiger partial charge is 0.168 e. The van der Waals surface area contributed by atoms with Crippen LogP contribution in [0.3, 0.4) is 0 Å². The van der Waals surface area contributed by atoms with E-state index in [0.717, 1.165) is 49.9 Å². The molecule has 3 N–H and O–H groups in total. The Morgan fingerprint density at radius 1 is 1.06 bits per heavy atom. The van der Waals surface area contributed by atoms with Crippen LogP contribution in [0.15, 0.2) is 24.3 Å². The van der Waals surface area contributed by atoms with Gasteiger partial charge in [0.05, 0.1) is 5.69 Å². The van der Waals surface area contributed by atoms with Gasteiger partial charge in [0.2, 0.25) is 0 Å². The number of nitrogens with zero attached hydrogens (tertiary/aromatic N) is 3. The summed E-state index contributed by atoms with van der Waals surface area (Å²) >= 11 is 0. The molecule has 8 heteroatoms. The normalized spacial score (nSPS) is 26.8. The van der Waals surface area contributed by atoms with Crippen LogP contribution in [0, 0.1) is 29.4 Å². The third kappa shape index (κ3) is 4.50. The Hall–Kier alpha value is -2.32. The van der Waals surface area contributed by atoms with Crippen LogP contribution in [0.2, 0.25) is 0 Å². The van der Waals surface area contributed by atoms with Gasteiger partial charge in [-0.2, -0.15) is 0 Å². The number of hydrogen-bond donors (Lipinski definition) is 2. The number of nitrogen functional groups attached to an aromatic ring is 1. The molecule has 0 spiro atoms. The van der Waals surface area contributed by atoms with Gasteiger partial charge in [-0.3, -0.25) is 0 Å². The molecule has 3 atom stereocenters. The Balaban J connectivity index is 1.16. The van der Waals surface area contributed by atoms with Crippen molar-refractivity contribution in [3.63, 3.8) is 0 Å². The zero-order valence-electron chi connectivity index (χ0n) is 17.6. The summed E-state index contributed by atoms with van der Waals surface area (Å²) in [6.45, 7) is 5.41. The van der Waals surface area contributed by atoms with Crippen LogP contribution in [0.4, 0.5) is 20.3 Å². The van der Waals surface area contributed by atoms with Crippen molar-refractivity contribution >= 4 is 11.5 Å². The minimum atomic E-state index is -0.984. The lowest BCUT2D eigenvalue weighted by atomic mass is 10.00. The van der Waals surface area contributed by atoms with Gasteiger partial charge in [-0.15, -0.1) is 10.2 Å². The van der Waals surface area contributed by atoms with E-state index in [-0.39, 0.29) is 16.9 Å². The Morgan fingerprint density at radius 2 is 1.81 bits per heavy atom. The van der Waals surface area contributed by atoms with Crippen molar-refractivity contribution < 1.29 is 13.5 Å². The summed E-state index contributed by atoms with van der Waals surface area (Å²) in [4.78, 5) is 2.65. The summed E-state index contributed by atoms with van der Waals surface area (Å²) in [5.74, 6) is 0.967. The standard InChI is InChI=1S/C23H29F2N5O/c24-20-10-17(26)9-19(23(20)25)21-1-2-22(29-28-21)27-18-7-15-12-30(13-16(15)8-18)11-14-3-5-31-6-4-14/h1-2,9-10,14-16,18H,3-8,11-13,26H2,(H,27,29)/t15-,16+,18?. The predicted molar refractivity (Wildman–Crippen MR) is 115 cm³/mol. The maximum Gasteiger partial charge on any atom is 0.168 e. The molecule has 2 aromatic rings. The maximum atomic E-state index is 14.1. The molecule has 6 nitrogen and oxygen atoms in total. The molecule has 31 heavy (non-hydrogen) atoms. The van der Waals surface area contributed by atoms with E-state index in [1.165, 1.54) is 38.5 Å². The van der Waals surface area contributed by atoms with Crippen molar-refractivity contribution in [1.82, 2.24) is 15.1 Å². The topological polar surface area (TPSA) is 76.3 Å². The van der Waals surface area contributed by atoms with E-state index in [0.29, 0.717) is 11.9 Å². The van der Waals surface area contributed by atoms with E-state index in [1.807, 2.05) is 0 Å². The Labute approximate surface area is 181 Å². The number of fused-ring (bicyclic) bond motifs is 1. The lowest BCUT2D eigenvalue weighted by molar-refractivity contribution is 0.0545. The number of ether oxygens (including phenoxy) is 1. The minimum Gasteiger partial charge on any atom is -0.399 e. The first-order valence-electron chi connectivity index (χ1n) is 11.2. The zero-order chi connectivity index (χ0) is 21.4. The largest absolute Gasteiger partial charge is 0.399 e. The summed E-state index contributed by atoms with van der Waals surface area (Å²) in [5, 5.41) is 11.8. The summed E-state index contributed by atoms with van der Waals surface area (Å²) in [6.07, 6.45) is 4.65. The fraction of sp³-hybridized carbons (Fsp3) is 0.565. The van der Waals surface area contributed by atoms with Crippen molar-refractivity contribution in [2.24, 2.45) is 17.8 Å². The molecule has 1 saturated carbocycles. The first-order valence-corrected chi connectivity index (χ1v) is 11.2. The summed E-state index contributed by atoms with van der Waals surface area (Å²) in [5.41, 5.74) is 6.08. The average molecular weight is 430 g/mol. The minimum absolute atomic E-state index is 0.0246. The van der Waals surface area contributed by atoms with Crippen molar-refractivity contribution in [1.29, 1.82) is 0 Å². The van der Waals surface area contributed by atoms with Crippen LogP contribution in [0.1, 0.15) is 25.7 Å². The summed E-state index contributed by atoms with van der Waals surface area (Å²) in [6, 6.07) is 6.14. The molecule has 0 bridgehead atoms. The quantitative estimate of drug-likeness (QED) is 0.708. The van der Waals surface area contributed by atoms with Crippen molar-refractivity contribution in [3.05, 3.63) is 35.9 Å². The SMILES string of the molecule is Nc1cc(F)c(F)c(-c2ccc(NC3C[C@@H]4CN(CC5CCOCC5)C[C@@H]4C3)nn2)c1. The highest BCUT2D eigenvalue weighted by molar-refractivity contribution is 5.65. The van der Waals surface area contributed by atoms with Crippen LogP contribution in [0.25, 0.3) is 11.3 Å². The molecule has 166 valence electrons. The highest BCUT2D eigenvalue weighted by Gasteiger charge is 2.41. The number of aromatic nitrogens is 2. The van der Waals surface area contributed by atoms with Crippen LogP contribution >= 0.6 is 0 Å². The molecule has 3 aliphatic rings. The van der Waals surface area contributed by atoms with E-state index in [9.17, 15) is 8.78 Å². The van der Waals surface area contributed by atoms with Gasteiger partial charge in [0, 0.05) is 50.1 Å². The second-order valence-corrected chi connectivity index (χ2v) is 9.28. The number of anilines is 2. The first-order chi connectivity index (χ1) is 15.0. The molecule has 0 amide bonds. The Kier molecular flexibility index (Phi) is 5.75. The van der Waals surface area contributed by atoms with Crippen LogP contribution < -0.4 is 11.1 Å². The van der Waals surface area contributed by atoms with Crippen LogP contribution in [-0.2, 0) is 4.74 Å². The van der Waals surface area contributed by atoms with Crippen LogP contribution in [0.5, 0.6) is 0 Å². The molecule has 2 aliphatic heterocycles. The van der Waals surface area contributed by atoms with Gasteiger partial charge < -0.3 is 20.7 Å². The van der Waals surface area contributed by atoms with Crippen molar-refractivity contribution in [2.75, 3.05) is 43.9 Å². The first kappa shape index (κ1) is 20.6. The molecule has 5 rings (SSSR count). The lowest BCUT2D eigenvalue weighted by Crippen LogP contribution is -2.32. The number of benzene rings is 1. The predicted octanol–water partition coefficient (Wildman–Crippen LogP) is 3.55. The zero-order valence-corrected chi connectivity index (χ0v) is 17.6. The highest BCUT2D eigenvalue weighted by Crippen LogP contribution is 2.39. The molecule has 0 radical (unpaired) electrons. The summed E-state index contributed by atoms with van der Waals surface area (Å²) in [7, 11) is 0. The fourth-order valence-corrected chi connectivity index (χ4v) is 5.52. The highest BCUT2D eigenvalue weighted by atomic mass is 19.2. The summed E-state index contributed by atoms with van der Waals surface area (Å²) < 4.78 is 33.2. The van der Waals surface area contributed by atoms with E-state index >= 15 is 0 Å². The van der Waals surface area contributed by atoms with Crippen molar-refractivity contribution in [3.8, 4) is 11.3 Å². The molecule has 1 aromatic heterocycles. The molecule has 3 fully saturated rings. The Bertz CT molecular complexity index is 905. The number of likely N-dealkylation sites (tertiary alicyclic amines) is 1. The van der Waals surface area contributed by atoms with Gasteiger partial charge in [0.25, 0.3) is 0 Å². The molecule has 3 heterocycles. The van der Waals surface area contributed by atoms with Crippen molar-refractivity contribution in [2.45, 2.75) is 31.7 Å². The van der Waals surface area contributed by atoms with E-state index in [2.05, 4.69) is 20.4 Å². The molecule has 1 aromatic carbocycles. The average Bonchev–Trinajstić information content (AvgIpc) is 3.30. The molecular formula is C23H29F2N5O. The van der Waals surface area contributed by atoms with Gasteiger partial charge in [0.15, 0.2) is 11.6 Å². The second-order valence-electron chi connectivity index (χ2n) is 9.28. The third-order valence-corrected chi connectivity index (χ3v) is 7.03. The van der Waals surface area contributed by atoms with Gasteiger partial charge in [-0.1, -0.05) is 0 Å². The van der Waals surface area contributed by atoms with Gasteiger partial charge >= 0.3 is 0 Å². The monoisotopic (exact) mass is 429 g/mol. The molecule has 2 saturated heterocycles. The van der Waals surface area contributed by atoms with E-state index in [4.69, 9.17) is 10.5 Å². The lowest BCUT2D eigenvalue weighted by Gasteiger charge is -2.27. The number of rotatable bonds is 5. The van der Waals surface area contributed by atoms with Gasteiger partial charge in [-0.25, -0.2) is 8.78 Å². The molecule has 1 aliphatic carbocycles. The number of nitrogens with two attached hydrogens (primary N) is 1. The molecule has 1 unspecified atom stereocenters. The Morgan fingerprint density at radius 3 is 2.48 bits per heavy atom.